The molecule has 3 aromatic heterocycles. The second-order valence-corrected chi connectivity index (χ2v) is 4.01. The fourth-order valence-electron chi connectivity index (χ4n) is 1.76. The molecule has 0 saturated heterocycles. The van der Waals surface area contributed by atoms with Crippen molar-refractivity contribution >= 4 is 17.8 Å². The van der Waals surface area contributed by atoms with E-state index >= 15 is 0 Å². The van der Waals surface area contributed by atoms with Gasteiger partial charge in [0.25, 0.3) is 0 Å². The van der Waals surface area contributed by atoms with Gasteiger partial charge in [-0.15, -0.1) is 0 Å². The standard InChI is InChI=1S/C13H11N5O/c19-9-11-8-16-18-5-3-12(17-13(11)18)15-7-10-2-1-4-14-6-10/h1-6,8-9H,7H2,(H,15,17). The Morgan fingerprint density at radius 1 is 1.32 bits per heavy atom. The number of anilines is 1. The Bertz CT molecular complexity index is 707. The van der Waals surface area contributed by atoms with Crippen molar-refractivity contribution in [3.8, 4) is 0 Å². The quantitative estimate of drug-likeness (QED) is 0.714. The highest BCUT2D eigenvalue weighted by atomic mass is 16.1. The fourth-order valence-corrected chi connectivity index (χ4v) is 1.76. The van der Waals surface area contributed by atoms with Crippen LogP contribution in [-0.2, 0) is 6.54 Å². The van der Waals surface area contributed by atoms with E-state index < -0.39 is 0 Å². The summed E-state index contributed by atoms with van der Waals surface area (Å²) in [6, 6.07) is 5.67. The first-order chi connectivity index (χ1) is 9.36. The molecule has 0 spiro atoms. The topological polar surface area (TPSA) is 72.2 Å². The Morgan fingerprint density at radius 2 is 2.26 bits per heavy atom. The number of pyridine rings is 1. The molecule has 94 valence electrons. The predicted molar refractivity (Wildman–Crippen MR) is 69.9 cm³/mol. The van der Waals surface area contributed by atoms with E-state index in [1.54, 1.807) is 23.1 Å². The third kappa shape index (κ3) is 2.28. The summed E-state index contributed by atoms with van der Waals surface area (Å²) in [4.78, 5) is 19.3. The lowest BCUT2D eigenvalue weighted by atomic mass is 10.3. The summed E-state index contributed by atoms with van der Waals surface area (Å²) in [5.41, 5.74) is 2.09. The van der Waals surface area contributed by atoms with E-state index in [4.69, 9.17) is 0 Å². The summed E-state index contributed by atoms with van der Waals surface area (Å²) in [6.45, 7) is 0.627. The SMILES string of the molecule is O=Cc1cnn2ccc(NCc3cccnc3)nc12. The van der Waals surface area contributed by atoms with E-state index in [1.165, 1.54) is 6.20 Å². The van der Waals surface area contributed by atoms with Crippen LogP contribution in [0.25, 0.3) is 5.65 Å². The van der Waals surface area contributed by atoms with Crippen LogP contribution < -0.4 is 5.32 Å². The van der Waals surface area contributed by atoms with E-state index in [0.717, 1.165) is 11.8 Å². The van der Waals surface area contributed by atoms with Gasteiger partial charge in [-0.25, -0.2) is 9.50 Å². The number of hydrogen-bond acceptors (Lipinski definition) is 5. The molecule has 3 heterocycles. The van der Waals surface area contributed by atoms with Crippen molar-refractivity contribution in [2.75, 3.05) is 5.32 Å². The highest BCUT2D eigenvalue weighted by Gasteiger charge is 2.05. The normalized spacial score (nSPS) is 10.5. The van der Waals surface area contributed by atoms with Gasteiger partial charge in [0.1, 0.15) is 5.82 Å². The first-order valence-corrected chi connectivity index (χ1v) is 5.79. The second-order valence-electron chi connectivity index (χ2n) is 4.01. The van der Waals surface area contributed by atoms with Gasteiger partial charge in [0.05, 0.1) is 11.8 Å². The van der Waals surface area contributed by atoms with E-state index in [1.807, 2.05) is 18.2 Å². The summed E-state index contributed by atoms with van der Waals surface area (Å²) < 4.78 is 1.57. The number of nitrogens with zero attached hydrogens (tertiary/aromatic N) is 4. The summed E-state index contributed by atoms with van der Waals surface area (Å²) in [5, 5.41) is 7.22. The first-order valence-electron chi connectivity index (χ1n) is 5.79. The van der Waals surface area contributed by atoms with Crippen molar-refractivity contribution in [3.05, 3.63) is 54.1 Å². The zero-order chi connectivity index (χ0) is 13.1. The molecule has 0 bridgehead atoms. The predicted octanol–water partition coefficient (Wildman–Crippen LogP) is 1.55. The van der Waals surface area contributed by atoms with E-state index in [-0.39, 0.29) is 0 Å². The zero-order valence-corrected chi connectivity index (χ0v) is 10.0. The van der Waals surface area contributed by atoms with Gasteiger partial charge < -0.3 is 5.32 Å². The number of nitrogens with one attached hydrogen (secondary N) is 1. The van der Waals surface area contributed by atoms with Crippen LogP contribution in [0.2, 0.25) is 0 Å². The summed E-state index contributed by atoms with van der Waals surface area (Å²) in [6.07, 6.45) is 7.54. The number of carbonyl (C=O) groups is 1. The number of fused-ring (bicyclic) bond motifs is 1. The van der Waals surface area contributed by atoms with Crippen LogP contribution in [0.15, 0.2) is 43.0 Å². The Balaban J connectivity index is 1.83. The van der Waals surface area contributed by atoms with Crippen LogP contribution in [-0.4, -0.2) is 25.9 Å². The summed E-state index contributed by atoms with van der Waals surface area (Å²) in [7, 11) is 0. The molecule has 3 aromatic rings. The lowest BCUT2D eigenvalue weighted by Crippen LogP contribution is -2.03. The molecule has 0 unspecified atom stereocenters. The number of aromatic nitrogens is 4. The van der Waals surface area contributed by atoms with Crippen LogP contribution in [0, 0.1) is 0 Å². The molecule has 0 aliphatic rings. The molecule has 0 aromatic carbocycles. The Labute approximate surface area is 109 Å². The van der Waals surface area contributed by atoms with Gasteiger partial charge in [-0.1, -0.05) is 6.07 Å². The van der Waals surface area contributed by atoms with Gasteiger partial charge in [-0.2, -0.15) is 5.10 Å². The van der Waals surface area contributed by atoms with Crippen LogP contribution in [0.4, 0.5) is 5.82 Å². The maximum Gasteiger partial charge on any atom is 0.167 e. The molecular formula is C13H11N5O. The smallest absolute Gasteiger partial charge is 0.167 e. The largest absolute Gasteiger partial charge is 0.366 e. The fraction of sp³-hybridized carbons (Fsp3) is 0.0769. The van der Waals surface area contributed by atoms with Gasteiger partial charge in [-0.05, 0) is 17.7 Å². The lowest BCUT2D eigenvalue weighted by Gasteiger charge is -2.05. The average Bonchev–Trinajstić information content (AvgIpc) is 2.88. The van der Waals surface area contributed by atoms with Crippen LogP contribution in [0.1, 0.15) is 15.9 Å². The van der Waals surface area contributed by atoms with Crippen molar-refractivity contribution < 1.29 is 4.79 Å². The maximum atomic E-state index is 10.9. The van der Waals surface area contributed by atoms with Gasteiger partial charge in [-0.3, -0.25) is 9.78 Å². The molecule has 0 atom stereocenters. The van der Waals surface area contributed by atoms with Gasteiger partial charge in [0.15, 0.2) is 11.9 Å². The second kappa shape index (κ2) is 4.85. The molecule has 19 heavy (non-hydrogen) atoms. The van der Waals surface area contributed by atoms with Crippen molar-refractivity contribution in [2.24, 2.45) is 0 Å². The van der Waals surface area contributed by atoms with Crippen LogP contribution in [0.3, 0.4) is 0 Å². The van der Waals surface area contributed by atoms with Crippen LogP contribution in [0.5, 0.6) is 0 Å². The summed E-state index contributed by atoms with van der Waals surface area (Å²) in [5.74, 6) is 0.694. The van der Waals surface area contributed by atoms with Crippen molar-refractivity contribution in [2.45, 2.75) is 6.54 Å². The van der Waals surface area contributed by atoms with Gasteiger partial charge in [0, 0.05) is 25.1 Å². The maximum absolute atomic E-state index is 10.9. The Hall–Kier alpha value is -2.76. The molecule has 6 nitrogen and oxygen atoms in total. The van der Waals surface area contributed by atoms with E-state index in [0.29, 0.717) is 23.6 Å². The lowest BCUT2D eigenvalue weighted by molar-refractivity contribution is 0.112. The average molecular weight is 253 g/mol. The van der Waals surface area contributed by atoms with Crippen LogP contribution >= 0.6 is 0 Å². The molecule has 0 saturated carbocycles. The number of carbonyl (C=O) groups excluding carboxylic acids is 1. The van der Waals surface area contributed by atoms with Gasteiger partial charge >= 0.3 is 0 Å². The van der Waals surface area contributed by atoms with Crippen molar-refractivity contribution in [1.82, 2.24) is 19.6 Å². The first kappa shape index (κ1) is 11.3. The Kier molecular flexibility index (Phi) is 2.89. The molecule has 3 rings (SSSR count). The third-order valence-corrected chi connectivity index (χ3v) is 2.72. The molecule has 0 aliphatic heterocycles. The van der Waals surface area contributed by atoms with E-state index in [9.17, 15) is 4.79 Å². The molecule has 0 fully saturated rings. The molecule has 0 amide bonds. The monoisotopic (exact) mass is 253 g/mol. The molecule has 6 heteroatoms. The third-order valence-electron chi connectivity index (χ3n) is 2.72. The Morgan fingerprint density at radius 3 is 3.05 bits per heavy atom. The molecule has 1 N–H and O–H groups in total. The zero-order valence-electron chi connectivity index (χ0n) is 10.0. The van der Waals surface area contributed by atoms with E-state index in [2.05, 4.69) is 20.4 Å². The minimum Gasteiger partial charge on any atom is -0.366 e. The highest BCUT2D eigenvalue weighted by molar-refractivity contribution is 5.83. The number of hydrogen-bond donors (Lipinski definition) is 1. The minimum absolute atomic E-state index is 0.477. The minimum atomic E-state index is 0.477. The van der Waals surface area contributed by atoms with Crippen molar-refractivity contribution in [1.29, 1.82) is 0 Å². The molecular weight excluding hydrogens is 242 g/mol. The number of rotatable bonds is 4. The van der Waals surface area contributed by atoms with Crippen molar-refractivity contribution in [3.63, 3.8) is 0 Å². The van der Waals surface area contributed by atoms with Gasteiger partial charge in [0.2, 0.25) is 0 Å². The molecule has 0 aliphatic carbocycles. The highest BCUT2D eigenvalue weighted by Crippen LogP contribution is 2.10. The number of aldehydes is 1. The molecule has 0 radical (unpaired) electrons. The summed E-state index contributed by atoms with van der Waals surface area (Å²) >= 11 is 0.